The smallest absolute Gasteiger partial charge is 0.111 e. The highest BCUT2D eigenvalue weighted by Crippen LogP contribution is 2.48. The minimum absolute atomic E-state index is 0.00324. The third-order valence-electron chi connectivity index (χ3n) is 3.88. The van der Waals surface area contributed by atoms with Crippen LogP contribution >= 0.6 is 11.8 Å². The Morgan fingerprint density at radius 1 is 0.857 bits per heavy atom. The Morgan fingerprint density at radius 2 is 1.62 bits per heavy atom. The summed E-state index contributed by atoms with van der Waals surface area (Å²) >= 11 is 1.73. The van der Waals surface area contributed by atoms with E-state index in [4.69, 9.17) is 0 Å². The zero-order valence-electron chi connectivity index (χ0n) is 11.4. The van der Waals surface area contributed by atoms with Gasteiger partial charge in [-0.25, -0.2) is 0 Å². The molecule has 1 aliphatic heterocycles. The number of aromatic nitrogens is 1. The molecule has 0 aliphatic carbocycles. The van der Waals surface area contributed by atoms with E-state index in [1.54, 1.807) is 11.8 Å². The van der Waals surface area contributed by atoms with Crippen molar-refractivity contribution in [3.63, 3.8) is 0 Å². The molecule has 104 valence electrons. The molecule has 0 bridgehead atoms. The third kappa shape index (κ3) is 2.09. The van der Waals surface area contributed by atoms with E-state index in [-0.39, 0.29) is 5.25 Å². The number of benzene rings is 2. The van der Waals surface area contributed by atoms with E-state index >= 15 is 0 Å². The number of aliphatic hydroxyl groups is 1. The number of nitrogens with zero attached hydrogens (tertiary/aromatic N) is 1. The highest BCUT2D eigenvalue weighted by Gasteiger charge is 2.30. The fourth-order valence-corrected chi connectivity index (χ4v) is 4.14. The van der Waals surface area contributed by atoms with Gasteiger partial charge in [0.15, 0.2) is 0 Å². The molecule has 2 heterocycles. The Labute approximate surface area is 128 Å². The van der Waals surface area contributed by atoms with Gasteiger partial charge in [-0.1, -0.05) is 42.5 Å². The molecule has 21 heavy (non-hydrogen) atoms. The average molecular weight is 293 g/mol. The molecule has 1 aliphatic rings. The standard InChI is InChI=1S/C18H15NOS/c20-17-15-10-6-12-19(15)14-9-4-5-11-16(14)21-18(17)13-7-2-1-3-8-13/h1-12,17-18,20H/t17-,18-/m1/s1. The van der Waals surface area contributed by atoms with Crippen LogP contribution in [0.4, 0.5) is 0 Å². The molecule has 2 aromatic carbocycles. The number of rotatable bonds is 1. The number of hydrogen-bond acceptors (Lipinski definition) is 2. The van der Waals surface area contributed by atoms with Crippen LogP contribution in [0.5, 0.6) is 0 Å². The van der Waals surface area contributed by atoms with E-state index in [0.717, 1.165) is 16.9 Å². The maximum atomic E-state index is 10.9. The van der Waals surface area contributed by atoms with Gasteiger partial charge in [0.2, 0.25) is 0 Å². The van der Waals surface area contributed by atoms with Gasteiger partial charge in [-0.05, 0) is 29.8 Å². The topological polar surface area (TPSA) is 25.2 Å². The van der Waals surface area contributed by atoms with E-state index < -0.39 is 6.10 Å². The lowest BCUT2D eigenvalue weighted by molar-refractivity contribution is 0.169. The van der Waals surface area contributed by atoms with Crippen LogP contribution in [-0.2, 0) is 0 Å². The second kappa shape index (κ2) is 5.10. The van der Waals surface area contributed by atoms with Crippen molar-refractivity contribution in [1.29, 1.82) is 0 Å². The highest BCUT2D eigenvalue weighted by atomic mass is 32.2. The summed E-state index contributed by atoms with van der Waals surface area (Å²) in [5, 5.41) is 10.9. The number of hydrogen-bond donors (Lipinski definition) is 1. The Kier molecular flexibility index (Phi) is 3.09. The van der Waals surface area contributed by atoms with Gasteiger partial charge in [-0.2, -0.15) is 0 Å². The van der Waals surface area contributed by atoms with Crippen LogP contribution in [0.25, 0.3) is 5.69 Å². The summed E-state index contributed by atoms with van der Waals surface area (Å²) in [7, 11) is 0. The minimum atomic E-state index is -0.528. The van der Waals surface area contributed by atoms with Crippen molar-refractivity contribution in [3.05, 3.63) is 84.2 Å². The van der Waals surface area contributed by atoms with Gasteiger partial charge in [0.25, 0.3) is 0 Å². The van der Waals surface area contributed by atoms with Crippen molar-refractivity contribution in [2.45, 2.75) is 16.2 Å². The lowest BCUT2D eigenvalue weighted by atomic mass is 10.0. The molecule has 2 atom stereocenters. The van der Waals surface area contributed by atoms with Crippen molar-refractivity contribution < 1.29 is 5.11 Å². The molecule has 0 amide bonds. The molecule has 3 aromatic rings. The van der Waals surface area contributed by atoms with Crippen LogP contribution in [0.3, 0.4) is 0 Å². The zero-order valence-corrected chi connectivity index (χ0v) is 12.2. The van der Waals surface area contributed by atoms with Crippen LogP contribution in [0.15, 0.2) is 77.8 Å². The predicted molar refractivity (Wildman–Crippen MR) is 85.8 cm³/mol. The average Bonchev–Trinajstić information content (AvgIpc) is 2.98. The summed E-state index contributed by atoms with van der Waals surface area (Å²) in [6, 6.07) is 22.5. The first-order valence-corrected chi connectivity index (χ1v) is 7.89. The van der Waals surface area contributed by atoms with E-state index in [9.17, 15) is 5.11 Å². The molecular formula is C18H15NOS. The second-order valence-electron chi connectivity index (χ2n) is 5.16. The largest absolute Gasteiger partial charge is 0.385 e. The van der Waals surface area contributed by atoms with Gasteiger partial charge in [-0.3, -0.25) is 0 Å². The monoisotopic (exact) mass is 293 g/mol. The summed E-state index contributed by atoms with van der Waals surface area (Å²) in [5.41, 5.74) is 3.24. The number of para-hydroxylation sites is 1. The first-order valence-electron chi connectivity index (χ1n) is 7.01. The molecule has 3 heteroatoms. The van der Waals surface area contributed by atoms with Gasteiger partial charge in [0.1, 0.15) is 6.10 Å². The maximum Gasteiger partial charge on any atom is 0.111 e. The van der Waals surface area contributed by atoms with Crippen molar-refractivity contribution in [3.8, 4) is 5.69 Å². The molecule has 4 rings (SSSR count). The van der Waals surface area contributed by atoms with E-state index in [1.807, 2.05) is 42.6 Å². The third-order valence-corrected chi connectivity index (χ3v) is 5.26. The number of fused-ring (bicyclic) bond motifs is 3. The molecule has 1 N–H and O–H groups in total. The summed E-state index contributed by atoms with van der Waals surface area (Å²) in [6.07, 6.45) is 1.49. The Balaban J connectivity index is 1.91. The summed E-state index contributed by atoms with van der Waals surface area (Å²) in [4.78, 5) is 1.19. The Bertz CT molecular complexity index is 766. The van der Waals surface area contributed by atoms with Crippen molar-refractivity contribution >= 4 is 11.8 Å². The number of thioether (sulfide) groups is 1. The van der Waals surface area contributed by atoms with Crippen LogP contribution < -0.4 is 0 Å². The van der Waals surface area contributed by atoms with Crippen LogP contribution in [0.2, 0.25) is 0 Å². The molecule has 0 fully saturated rings. The fraction of sp³-hybridized carbons (Fsp3) is 0.111. The summed E-state index contributed by atoms with van der Waals surface area (Å²) in [5.74, 6) is 0. The van der Waals surface area contributed by atoms with Crippen LogP contribution in [-0.4, -0.2) is 9.67 Å². The van der Waals surface area contributed by atoms with Crippen LogP contribution in [0.1, 0.15) is 22.6 Å². The second-order valence-corrected chi connectivity index (χ2v) is 6.35. The fourth-order valence-electron chi connectivity index (χ4n) is 2.86. The molecule has 0 spiro atoms. The van der Waals surface area contributed by atoms with Crippen LogP contribution in [0, 0.1) is 0 Å². The first-order chi connectivity index (χ1) is 10.3. The molecule has 0 saturated heterocycles. The molecule has 1 aromatic heterocycles. The van der Waals surface area contributed by atoms with Gasteiger partial charge in [0.05, 0.1) is 16.6 Å². The van der Waals surface area contributed by atoms with Gasteiger partial charge < -0.3 is 9.67 Å². The number of aliphatic hydroxyl groups excluding tert-OH is 1. The van der Waals surface area contributed by atoms with Gasteiger partial charge in [-0.15, -0.1) is 11.8 Å². The SMILES string of the molecule is O[C@@H]1c2cccn2-c2ccccc2S[C@@H]1c1ccccc1. The Hall–Kier alpha value is -1.97. The lowest BCUT2D eigenvalue weighted by Gasteiger charge is -2.20. The van der Waals surface area contributed by atoms with Crippen molar-refractivity contribution in [2.75, 3.05) is 0 Å². The minimum Gasteiger partial charge on any atom is -0.385 e. The molecule has 0 saturated carbocycles. The maximum absolute atomic E-state index is 10.9. The summed E-state index contributed by atoms with van der Waals surface area (Å²) in [6.45, 7) is 0. The molecule has 0 radical (unpaired) electrons. The quantitative estimate of drug-likeness (QED) is 0.721. The van der Waals surface area contributed by atoms with Gasteiger partial charge in [0, 0.05) is 11.1 Å². The Morgan fingerprint density at radius 3 is 2.48 bits per heavy atom. The highest BCUT2D eigenvalue weighted by molar-refractivity contribution is 7.99. The molecule has 2 nitrogen and oxygen atoms in total. The van der Waals surface area contributed by atoms with Crippen molar-refractivity contribution in [1.82, 2.24) is 4.57 Å². The van der Waals surface area contributed by atoms with E-state index in [1.165, 1.54) is 4.90 Å². The first kappa shape index (κ1) is 12.7. The normalized spacial score (nSPS) is 20.4. The summed E-state index contributed by atoms with van der Waals surface area (Å²) < 4.78 is 2.09. The van der Waals surface area contributed by atoms with Crippen molar-refractivity contribution in [2.24, 2.45) is 0 Å². The van der Waals surface area contributed by atoms with E-state index in [2.05, 4.69) is 34.9 Å². The van der Waals surface area contributed by atoms with E-state index in [0.29, 0.717) is 0 Å². The molecular weight excluding hydrogens is 278 g/mol. The lowest BCUT2D eigenvalue weighted by Crippen LogP contribution is -2.09. The molecule has 0 unspecified atom stereocenters. The van der Waals surface area contributed by atoms with Gasteiger partial charge >= 0.3 is 0 Å². The zero-order chi connectivity index (χ0) is 14.2. The predicted octanol–water partition coefficient (Wildman–Crippen LogP) is 4.36.